The van der Waals surface area contributed by atoms with Crippen molar-refractivity contribution in [3.63, 3.8) is 0 Å². The average Bonchev–Trinajstić information content (AvgIpc) is 2.03. The van der Waals surface area contributed by atoms with E-state index >= 15 is 0 Å². The minimum absolute atomic E-state index is 0.0313. The Morgan fingerprint density at radius 2 is 1.82 bits per heavy atom. The standard InChI is InChI=1S/C6H11FO3S/c7-5-1-3-11(9,10)4-2-6(5)8/h5-6,8H,1-4H2. The lowest BCUT2D eigenvalue weighted by atomic mass is 10.1. The van der Waals surface area contributed by atoms with Gasteiger partial charge in [-0.2, -0.15) is 0 Å². The maximum Gasteiger partial charge on any atom is 0.150 e. The number of rotatable bonds is 0. The zero-order chi connectivity index (χ0) is 8.48. The largest absolute Gasteiger partial charge is 0.390 e. The van der Waals surface area contributed by atoms with E-state index in [1.807, 2.05) is 0 Å². The van der Waals surface area contributed by atoms with Crippen molar-refractivity contribution in [2.75, 3.05) is 11.5 Å². The van der Waals surface area contributed by atoms with Crippen LogP contribution in [0.5, 0.6) is 0 Å². The topological polar surface area (TPSA) is 54.4 Å². The van der Waals surface area contributed by atoms with E-state index in [0.29, 0.717) is 0 Å². The second kappa shape index (κ2) is 3.06. The highest BCUT2D eigenvalue weighted by atomic mass is 32.2. The van der Waals surface area contributed by atoms with Crippen molar-refractivity contribution in [3.05, 3.63) is 0 Å². The van der Waals surface area contributed by atoms with Gasteiger partial charge in [-0.25, -0.2) is 12.8 Å². The molecule has 0 aromatic heterocycles. The Labute approximate surface area is 65.1 Å². The summed E-state index contributed by atoms with van der Waals surface area (Å²) >= 11 is 0. The molecule has 1 saturated heterocycles. The summed E-state index contributed by atoms with van der Waals surface area (Å²) in [6.45, 7) is 0. The van der Waals surface area contributed by atoms with Gasteiger partial charge >= 0.3 is 0 Å². The van der Waals surface area contributed by atoms with Crippen LogP contribution < -0.4 is 0 Å². The van der Waals surface area contributed by atoms with Crippen LogP contribution in [-0.4, -0.2) is 37.3 Å². The van der Waals surface area contributed by atoms with Gasteiger partial charge in [-0.3, -0.25) is 0 Å². The molecule has 0 saturated carbocycles. The van der Waals surface area contributed by atoms with Gasteiger partial charge in [0, 0.05) is 0 Å². The molecular formula is C6H11FO3S. The molecule has 2 unspecified atom stereocenters. The Bertz CT molecular complexity index is 206. The Hall–Kier alpha value is -0.160. The number of aliphatic hydroxyl groups is 1. The van der Waals surface area contributed by atoms with Crippen molar-refractivity contribution in [1.82, 2.24) is 0 Å². The van der Waals surface area contributed by atoms with Gasteiger partial charge < -0.3 is 5.11 Å². The Balaban J connectivity index is 2.66. The first-order valence-electron chi connectivity index (χ1n) is 3.54. The lowest BCUT2D eigenvalue weighted by molar-refractivity contribution is 0.0759. The number of hydrogen-bond acceptors (Lipinski definition) is 3. The summed E-state index contributed by atoms with van der Waals surface area (Å²) in [7, 11) is -3.09. The molecule has 2 atom stereocenters. The molecule has 0 aromatic rings. The fraction of sp³-hybridized carbons (Fsp3) is 1.00. The summed E-state index contributed by atoms with van der Waals surface area (Å²) in [5.74, 6) is -0.222. The van der Waals surface area contributed by atoms with E-state index in [2.05, 4.69) is 0 Å². The van der Waals surface area contributed by atoms with E-state index in [1.54, 1.807) is 0 Å². The molecular weight excluding hydrogens is 171 g/mol. The van der Waals surface area contributed by atoms with Crippen molar-refractivity contribution in [3.8, 4) is 0 Å². The maximum atomic E-state index is 12.7. The molecule has 5 heteroatoms. The molecule has 66 valence electrons. The molecule has 1 heterocycles. The number of aliphatic hydroxyl groups excluding tert-OH is 1. The van der Waals surface area contributed by atoms with Crippen LogP contribution in [0.3, 0.4) is 0 Å². The first-order valence-corrected chi connectivity index (χ1v) is 5.36. The first-order chi connectivity index (χ1) is 5.01. The molecule has 1 aliphatic rings. The van der Waals surface area contributed by atoms with Gasteiger partial charge in [-0.15, -0.1) is 0 Å². The predicted octanol–water partition coefficient (Wildman–Crippen LogP) is -0.106. The van der Waals surface area contributed by atoms with Crippen LogP contribution >= 0.6 is 0 Å². The zero-order valence-electron chi connectivity index (χ0n) is 6.03. The molecule has 0 amide bonds. The lowest BCUT2D eigenvalue weighted by Gasteiger charge is -2.08. The summed E-state index contributed by atoms with van der Waals surface area (Å²) in [5, 5.41) is 8.95. The minimum Gasteiger partial charge on any atom is -0.390 e. The molecule has 0 aliphatic carbocycles. The van der Waals surface area contributed by atoms with E-state index in [4.69, 9.17) is 5.11 Å². The maximum absolute atomic E-state index is 12.7. The fourth-order valence-corrected chi connectivity index (χ4v) is 2.46. The van der Waals surface area contributed by atoms with E-state index in [1.165, 1.54) is 0 Å². The monoisotopic (exact) mass is 182 g/mol. The molecule has 1 aliphatic heterocycles. The number of hydrogen-bond donors (Lipinski definition) is 1. The molecule has 3 nitrogen and oxygen atoms in total. The van der Waals surface area contributed by atoms with Crippen LogP contribution in [0.15, 0.2) is 0 Å². The molecule has 1 rings (SSSR count). The van der Waals surface area contributed by atoms with Crippen molar-refractivity contribution >= 4 is 9.84 Å². The summed E-state index contributed by atoms with van der Waals surface area (Å²) in [4.78, 5) is 0. The highest BCUT2D eigenvalue weighted by Crippen LogP contribution is 2.15. The molecule has 0 spiro atoms. The van der Waals surface area contributed by atoms with Crippen LogP contribution in [0, 0.1) is 0 Å². The van der Waals surface area contributed by atoms with Gasteiger partial charge in [0.15, 0.2) is 9.84 Å². The van der Waals surface area contributed by atoms with Crippen molar-refractivity contribution < 1.29 is 17.9 Å². The zero-order valence-corrected chi connectivity index (χ0v) is 6.85. The quantitative estimate of drug-likeness (QED) is 0.569. The van der Waals surface area contributed by atoms with Gasteiger partial charge in [-0.1, -0.05) is 0 Å². The van der Waals surface area contributed by atoms with Crippen LogP contribution in [0.2, 0.25) is 0 Å². The number of alkyl halides is 1. The summed E-state index contributed by atoms with van der Waals surface area (Å²) in [6.07, 6.45) is -2.49. The smallest absolute Gasteiger partial charge is 0.150 e. The highest BCUT2D eigenvalue weighted by Gasteiger charge is 2.27. The van der Waals surface area contributed by atoms with Crippen molar-refractivity contribution in [2.45, 2.75) is 25.1 Å². The van der Waals surface area contributed by atoms with Gasteiger partial charge in [0.25, 0.3) is 0 Å². The molecule has 0 bridgehead atoms. The third-order valence-corrected chi connectivity index (χ3v) is 3.56. The third kappa shape index (κ3) is 2.41. The van der Waals surface area contributed by atoms with Crippen LogP contribution in [0.4, 0.5) is 4.39 Å². The van der Waals surface area contributed by atoms with E-state index in [0.717, 1.165) is 0 Å². The van der Waals surface area contributed by atoms with Crippen LogP contribution in [0.25, 0.3) is 0 Å². The summed E-state index contributed by atoms with van der Waals surface area (Å²) in [6, 6.07) is 0. The van der Waals surface area contributed by atoms with Gasteiger partial charge in [0.2, 0.25) is 0 Å². The Morgan fingerprint density at radius 3 is 2.45 bits per heavy atom. The summed E-state index contributed by atoms with van der Waals surface area (Å²) < 4.78 is 34.4. The van der Waals surface area contributed by atoms with E-state index in [-0.39, 0.29) is 24.3 Å². The van der Waals surface area contributed by atoms with Crippen molar-refractivity contribution in [1.29, 1.82) is 0 Å². The number of sulfone groups is 1. The second-order valence-electron chi connectivity index (χ2n) is 2.81. The van der Waals surface area contributed by atoms with E-state index < -0.39 is 22.1 Å². The average molecular weight is 182 g/mol. The van der Waals surface area contributed by atoms with Crippen molar-refractivity contribution in [2.24, 2.45) is 0 Å². The Morgan fingerprint density at radius 1 is 1.27 bits per heavy atom. The predicted molar refractivity (Wildman–Crippen MR) is 38.8 cm³/mol. The van der Waals surface area contributed by atoms with Crippen LogP contribution in [0.1, 0.15) is 12.8 Å². The highest BCUT2D eigenvalue weighted by molar-refractivity contribution is 7.91. The Kier molecular flexibility index (Phi) is 2.49. The molecule has 0 aromatic carbocycles. The molecule has 1 N–H and O–H groups in total. The minimum atomic E-state index is -3.09. The normalized spacial score (nSPS) is 38.0. The lowest BCUT2D eigenvalue weighted by Crippen LogP contribution is -2.20. The third-order valence-electron chi connectivity index (χ3n) is 1.85. The van der Waals surface area contributed by atoms with Crippen LogP contribution in [-0.2, 0) is 9.84 Å². The summed E-state index contributed by atoms with van der Waals surface area (Å²) in [5.41, 5.74) is 0. The van der Waals surface area contributed by atoms with Gasteiger partial charge in [0.05, 0.1) is 17.6 Å². The molecule has 11 heavy (non-hydrogen) atoms. The van der Waals surface area contributed by atoms with E-state index in [9.17, 15) is 12.8 Å². The molecule has 0 radical (unpaired) electrons. The fourth-order valence-electron chi connectivity index (χ4n) is 1.07. The number of halogens is 1. The SMILES string of the molecule is O=S1(=O)CCC(O)C(F)CC1. The van der Waals surface area contributed by atoms with Gasteiger partial charge in [0.1, 0.15) is 6.17 Å². The second-order valence-corrected chi connectivity index (χ2v) is 5.12. The first kappa shape index (κ1) is 8.93. The molecule has 1 fully saturated rings. The van der Waals surface area contributed by atoms with Gasteiger partial charge in [-0.05, 0) is 12.8 Å².